The largest absolute Gasteiger partial charge is 0.496 e. The quantitative estimate of drug-likeness (QED) is 0.831. The van der Waals surface area contributed by atoms with Crippen molar-refractivity contribution in [2.45, 2.75) is 11.8 Å². The Morgan fingerprint density at radius 1 is 1.65 bits per heavy atom. The first-order valence-electron chi connectivity index (χ1n) is 4.93. The molecular formula is C11H14ClNO3S. The highest BCUT2D eigenvalue weighted by Gasteiger charge is 2.12. The van der Waals surface area contributed by atoms with Crippen LogP contribution in [0.25, 0.3) is 0 Å². The summed E-state index contributed by atoms with van der Waals surface area (Å²) in [5.41, 5.74) is 6.34. The number of carboxylic acids is 1. The van der Waals surface area contributed by atoms with Gasteiger partial charge in [-0.05, 0) is 18.2 Å². The summed E-state index contributed by atoms with van der Waals surface area (Å²) in [6.07, 6.45) is 0. The average molecular weight is 276 g/mol. The van der Waals surface area contributed by atoms with Crippen molar-refractivity contribution in [1.82, 2.24) is 0 Å². The topological polar surface area (TPSA) is 72.5 Å². The molecule has 1 rings (SSSR count). The molecule has 0 aromatic heterocycles. The van der Waals surface area contributed by atoms with E-state index in [2.05, 4.69) is 0 Å². The second-order valence-corrected chi connectivity index (χ2v) is 4.88. The first kappa shape index (κ1) is 14.2. The number of aliphatic carboxylic acids is 1. The molecule has 0 aliphatic rings. The number of halogens is 1. The monoisotopic (exact) mass is 275 g/mol. The first-order valence-corrected chi connectivity index (χ1v) is 6.46. The van der Waals surface area contributed by atoms with Crippen LogP contribution in [0, 0.1) is 0 Å². The molecule has 0 saturated carbocycles. The van der Waals surface area contributed by atoms with Crippen LogP contribution in [0.4, 0.5) is 0 Å². The van der Waals surface area contributed by atoms with Crippen molar-refractivity contribution in [3.05, 3.63) is 28.8 Å². The second-order valence-electron chi connectivity index (χ2n) is 3.42. The van der Waals surface area contributed by atoms with Crippen molar-refractivity contribution in [3.8, 4) is 5.75 Å². The van der Waals surface area contributed by atoms with Crippen LogP contribution in [-0.2, 0) is 10.5 Å². The SMILES string of the molecule is COc1ccc(Cl)cc1CSC[C@@H](N)C(=O)O. The number of methoxy groups -OCH3 is 1. The summed E-state index contributed by atoms with van der Waals surface area (Å²) in [7, 11) is 1.58. The Balaban J connectivity index is 2.56. The zero-order chi connectivity index (χ0) is 12.8. The van der Waals surface area contributed by atoms with Crippen molar-refractivity contribution >= 4 is 29.3 Å². The van der Waals surface area contributed by atoms with Gasteiger partial charge in [-0.15, -0.1) is 0 Å². The Kier molecular flexibility index (Phi) is 5.61. The normalized spacial score (nSPS) is 12.2. The van der Waals surface area contributed by atoms with Gasteiger partial charge < -0.3 is 15.6 Å². The zero-order valence-corrected chi connectivity index (χ0v) is 10.9. The lowest BCUT2D eigenvalue weighted by Gasteiger charge is -2.10. The number of carbonyl (C=O) groups is 1. The number of thioether (sulfide) groups is 1. The minimum atomic E-state index is -0.990. The Morgan fingerprint density at radius 3 is 2.94 bits per heavy atom. The molecule has 0 saturated heterocycles. The summed E-state index contributed by atoms with van der Waals surface area (Å²) in [5, 5.41) is 9.27. The second kappa shape index (κ2) is 6.74. The molecule has 3 N–H and O–H groups in total. The van der Waals surface area contributed by atoms with Crippen LogP contribution in [0.1, 0.15) is 5.56 Å². The molecule has 0 radical (unpaired) electrons. The lowest BCUT2D eigenvalue weighted by molar-refractivity contribution is -0.137. The molecule has 1 aromatic carbocycles. The maximum atomic E-state index is 10.5. The van der Waals surface area contributed by atoms with E-state index in [4.69, 9.17) is 27.2 Å². The number of carboxylic acid groups (broad SMARTS) is 1. The smallest absolute Gasteiger partial charge is 0.321 e. The van der Waals surface area contributed by atoms with Crippen molar-refractivity contribution in [2.24, 2.45) is 5.73 Å². The highest BCUT2D eigenvalue weighted by molar-refractivity contribution is 7.98. The molecule has 4 nitrogen and oxygen atoms in total. The molecule has 17 heavy (non-hydrogen) atoms. The van der Waals surface area contributed by atoms with Gasteiger partial charge in [0.25, 0.3) is 0 Å². The molecule has 1 aromatic rings. The van der Waals surface area contributed by atoms with Gasteiger partial charge in [-0.2, -0.15) is 11.8 Å². The van der Waals surface area contributed by atoms with E-state index in [0.717, 1.165) is 11.3 Å². The van der Waals surface area contributed by atoms with Crippen molar-refractivity contribution in [3.63, 3.8) is 0 Å². The predicted octanol–water partition coefficient (Wildman–Crippen LogP) is 1.99. The molecule has 0 bridgehead atoms. The third-order valence-corrected chi connectivity index (χ3v) is 3.46. The van der Waals surface area contributed by atoms with E-state index in [1.807, 2.05) is 0 Å². The van der Waals surface area contributed by atoms with Gasteiger partial charge >= 0.3 is 5.97 Å². The summed E-state index contributed by atoms with van der Waals surface area (Å²) >= 11 is 7.32. The van der Waals surface area contributed by atoms with E-state index >= 15 is 0 Å². The highest BCUT2D eigenvalue weighted by atomic mass is 35.5. The van der Waals surface area contributed by atoms with E-state index in [1.165, 1.54) is 11.8 Å². The number of hydrogen-bond acceptors (Lipinski definition) is 4. The van der Waals surface area contributed by atoms with Gasteiger partial charge in [-0.25, -0.2) is 0 Å². The molecule has 1 atom stereocenters. The van der Waals surface area contributed by atoms with Gasteiger partial charge in [0.1, 0.15) is 11.8 Å². The van der Waals surface area contributed by atoms with Crippen LogP contribution >= 0.6 is 23.4 Å². The molecule has 94 valence electrons. The molecule has 0 spiro atoms. The molecular weight excluding hydrogens is 262 g/mol. The Morgan fingerprint density at radius 2 is 2.35 bits per heavy atom. The van der Waals surface area contributed by atoms with Crippen LogP contribution in [-0.4, -0.2) is 30.0 Å². The van der Waals surface area contributed by atoms with Crippen LogP contribution in [0.2, 0.25) is 5.02 Å². The average Bonchev–Trinajstić information content (AvgIpc) is 2.29. The molecule has 0 fully saturated rings. The minimum absolute atomic E-state index is 0.352. The Labute approximate surface area is 109 Å². The fourth-order valence-corrected chi connectivity index (χ4v) is 2.38. The summed E-state index contributed by atoms with van der Waals surface area (Å²) in [6.45, 7) is 0. The fourth-order valence-electron chi connectivity index (χ4n) is 1.23. The summed E-state index contributed by atoms with van der Waals surface area (Å²) < 4.78 is 5.19. The van der Waals surface area contributed by atoms with E-state index < -0.39 is 12.0 Å². The van der Waals surface area contributed by atoms with Crippen molar-refractivity contribution in [1.29, 1.82) is 0 Å². The molecule has 0 aliphatic carbocycles. The number of nitrogens with two attached hydrogens (primary N) is 1. The van der Waals surface area contributed by atoms with Crippen LogP contribution in [0.3, 0.4) is 0 Å². The van der Waals surface area contributed by atoms with Gasteiger partial charge in [0, 0.05) is 22.1 Å². The summed E-state index contributed by atoms with van der Waals surface area (Å²) in [6, 6.07) is 4.50. The van der Waals surface area contributed by atoms with Crippen LogP contribution in [0.5, 0.6) is 5.75 Å². The standard InChI is InChI=1S/C11H14ClNO3S/c1-16-10-3-2-8(12)4-7(10)5-17-6-9(13)11(14)15/h2-4,9H,5-6,13H2,1H3,(H,14,15)/t9-/m1/s1. The predicted molar refractivity (Wildman–Crippen MR) is 69.8 cm³/mol. The third-order valence-electron chi connectivity index (χ3n) is 2.11. The molecule has 0 amide bonds. The molecule has 6 heteroatoms. The lowest BCUT2D eigenvalue weighted by Crippen LogP contribution is -2.32. The fraction of sp³-hybridized carbons (Fsp3) is 0.364. The number of hydrogen-bond donors (Lipinski definition) is 2. The van der Waals surface area contributed by atoms with E-state index in [1.54, 1.807) is 25.3 Å². The Hall–Kier alpha value is -0.910. The minimum Gasteiger partial charge on any atom is -0.496 e. The number of rotatable bonds is 6. The number of benzene rings is 1. The van der Waals surface area contributed by atoms with Gasteiger partial charge in [-0.3, -0.25) is 4.79 Å². The van der Waals surface area contributed by atoms with Gasteiger partial charge in [0.05, 0.1) is 7.11 Å². The lowest BCUT2D eigenvalue weighted by atomic mass is 10.2. The summed E-state index contributed by atoms with van der Waals surface area (Å²) in [4.78, 5) is 10.5. The molecule has 0 unspecified atom stereocenters. The van der Waals surface area contributed by atoms with Gasteiger partial charge in [0.2, 0.25) is 0 Å². The third kappa shape index (κ3) is 4.46. The summed E-state index contributed by atoms with van der Waals surface area (Å²) in [5.74, 6) is 0.719. The van der Waals surface area contributed by atoms with Crippen LogP contribution in [0.15, 0.2) is 18.2 Å². The maximum Gasteiger partial charge on any atom is 0.321 e. The van der Waals surface area contributed by atoms with Crippen LogP contribution < -0.4 is 10.5 Å². The first-order chi connectivity index (χ1) is 8.04. The molecule has 0 heterocycles. The highest BCUT2D eigenvalue weighted by Crippen LogP contribution is 2.26. The van der Waals surface area contributed by atoms with E-state index in [9.17, 15) is 4.79 Å². The van der Waals surface area contributed by atoms with Gasteiger partial charge in [-0.1, -0.05) is 11.6 Å². The van der Waals surface area contributed by atoms with E-state index in [-0.39, 0.29) is 0 Å². The Bertz CT molecular complexity index is 400. The maximum absolute atomic E-state index is 10.5. The van der Waals surface area contributed by atoms with Crippen molar-refractivity contribution < 1.29 is 14.6 Å². The van der Waals surface area contributed by atoms with Crippen molar-refractivity contribution in [2.75, 3.05) is 12.9 Å². The van der Waals surface area contributed by atoms with E-state index in [0.29, 0.717) is 16.5 Å². The number of ether oxygens (including phenoxy) is 1. The zero-order valence-electron chi connectivity index (χ0n) is 9.35. The molecule has 0 aliphatic heterocycles. The van der Waals surface area contributed by atoms with Gasteiger partial charge in [0.15, 0.2) is 0 Å².